The van der Waals surface area contributed by atoms with E-state index in [1.165, 1.54) is 25.7 Å². The number of hydrogen-bond acceptors (Lipinski definition) is 3. The highest BCUT2D eigenvalue weighted by molar-refractivity contribution is 5.78. The number of aliphatic hydroxyl groups is 1. The van der Waals surface area contributed by atoms with Gasteiger partial charge < -0.3 is 16.2 Å². The average molecular weight is 312 g/mol. The van der Waals surface area contributed by atoms with Crippen LogP contribution in [0.25, 0.3) is 0 Å². The molecule has 4 heteroatoms. The van der Waals surface area contributed by atoms with Gasteiger partial charge in [0.15, 0.2) is 0 Å². The van der Waals surface area contributed by atoms with Crippen molar-refractivity contribution in [3.05, 3.63) is 0 Å². The number of amides is 1. The van der Waals surface area contributed by atoms with Gasteiger partial charge in [0.1, 0.15) is 0 Å². The van der Waals surface area contributed by atoms with Crippen LogP contribution in [0.15, 0.2) is 0 Å². The fourth-order valence-corrected chi connectivity index (χ4v) is 3.42. The molecule has 0 aromatic heterocycles. The van der Waals surface area contributed by atoms with Crippen LogP contribution in [0.3, 0.4) is 0 Å². The summed E-state index contributed by atoms with van der Waals surface area (Å²) in [5, 5.41) is 13.4. The van der Waals surface area contributed by atoms with Crippen LogP contribution >= 0.6 is 0 Å². The van der Waals surface area contributed by atoms with Gasteiger partial charge >= 0.3 is 0 Å². The van der Waals surface area contributed by atoms with Crippen molar-refractivity contribution in [1.29, 1.82) is 0 Å². The second-order valence-corrected chi connectivity index (χ2v) is 7.35. The number of unbranched alkanes of at least 4 members (excludes halogenated alkanes) is 1. The smallest absolute Gasteiger partial charge is 0.223 e. The second kappa shape index (κ2) is 10.2. The molecule has 1 fully saturated rings. The third kappa shape index (κ3) is 6.66. The van der Waals surface area contributed by atoms with Gasteiger partial charge in [0, 0.05) is 18.5 Å². The number of hydrogen-bond donors (Lipinski definition) is 3. The van der Waals surface area contributed by atoms with Crippen molar-refractivity contribution in [3.8, 4) is 0 Å². The Morgan fingerprint density at radius 3 is 2.50 bits per heavy atom. The Morgan fingerprint density at radius 2 is 1.95 bits per heavy atom. The Labute approximate surface area is 136 Å². The van der Waals surface area contributed by atoms with Gasteiger partial charge in [-0.15, -0.1) is 0 Å². The maximum Gasteiger partial charge on any atom is 0.223 e. The van der Waals surface area contributed by atoms with Gasteiger partial charge in [-0.05, 0) is 31.1 Å². The van der Waals surface area contributed by atoms with Crippen molar-refractivity contribution >= 4 is 5.91 Å². The minimum absolute atomic E-state index is 0.0653. The van der Waals surface area contributed by atoms with Crippen LogP contribution in [0.2, 0.25) is 0 Å². The molecule has 0 radical (unpaired) electrons. The first-order chi connectivity index (χ1) is 10.5. The summed E-state index contributed by atoms with van der Waals surface area (Å²) >= 11 is 0. The number of nitrogens with one attached hydrogen (secondary N) is 1. The summed E-state index contributed by atoms with van der Waals surface area (Å²) in [6, 6.07) is -0.201. The Bertz CT molecular complexity index is 314. The predicted octanol–water partition coefficient (Wildman–Crippen LogP) is 2.83. The molecule has 4 nitrogen and oxygen atoms in total. The van der Waals surface area contributed by atoms with E-state index in [0.29, 0.717) is 12.3 Å². The summed E-state index contributed by atoms with van der Waals surface area (Å²) in [7, 11) is 0. The van der Waals surface area contributed by atoms with Crippen molar-refractivity contribution in [2.75, 3.05) is 6.54 Å². The minimum Gasteiger partial charge on any atom is -0.391 e. The third-order valence-electron chi connectivity index (χ3n) is 5.04. The van der Waals surface area contributed by atoms with Crippen LogP contribution in [-0.2, 0) is 4.79 Å². The van der Waals surface area contributed by atoms with Crippen LogP contribution in [0.4, 0.5) is 0 Å². The average Bonchev–Trinajstić information content (AvgIpc) is 2.97. The summed E-state index contributed by atoms with van der Waals surface area (Å²) in [6.07, 6.45) is 7.93. The normalized spacial score (nSPS) is 20.1. The summed E-state index contributed by atoms with van der Waals surface area (Å²) in [5.74, 6) is 0.799. The van der Waals surface area contributed by atoms with Crippen LogP contribution in [0.5, 0.6) is 0 Å². The molecule has 0 aromatic carbocycles. The van der Waals surface area contributed by atoms with E-state index in [4.69, 9.17) is 5.73 Å². The summed E-state index contributed by atoms with van der Waals surface area (Å²) in [5.41, 5.74) is 6.19. The second-order valence-electron chi connectivity index (χ2n) is 7.35. The molecule has 0 aliphatic heterocycles. The van der Waals surface area contributed by atoms with Crippen molar-refractivity contribution in [2.24, 2.45) is 23.5 Å². The molecule has 0 spiro atoms. The van der Waals surface area contributed by atoms with Gasteiger partial charge in [0.2, 0.25) is 5.91 Å². The molecule has 0 heterocycles. The van der Waals surface area contributed by atoms with Crippen molar-refractivity contribution in [3.63, 3.8) is 0 Å². The topological polar surface area (TPSA) is 75.3 Å². The highest BCUT2D eigenvalue weighted by Gasteiger charge is 2.29. The van der Waals surface area contributed by atoms with E-state index in [1.807, 2.05) is 13.8 Å². The zero-order valence-corrected chi connectivity index (χ0v) is 14.7. The molecule has 1 amide bonds. The molecule has 130 valence electrons. The van der Waals surface area contributed by atoms with E-state index < -0.39 is 6.10 Å². The van der Waals surface area contributed by atoms with Gasteiger partial charge in [-0.1, -0.05) is 52.9 Å². The third-order valence-corrected chi connectivity index (χ3v) is 5.04. The van der Waals surface area contributed by atoms with Crippen LogP contribution < -0.4 is 11.1 Å². The molecule has 0 bridgehead atoms. The highest BCUT2D eigenvalue weighted by atomic mass is 16.3. The highest BCUT2D eigenvalue weighted by Crippen LogP contribution is 2.29. The lowest BCUT2D eigenvalue weighted by molar-refractivity contribution is -0.127. The number of rotatable bonds is 10. The molecule has 22 heavy (non-hydrogen) atoms. The monoisotopic (exact) mass is 312 g/mol. The van der Waals surface area contributed by atoms with Crippen molar-refractivity contribution in [2.45, 2.75) is 84.3 Å². The molecule has 0 aromatic rings. The molecule has 4 N–H and O–H groups in total. The van der Waals surface area contributed by atoms with Gasteiger partial charge in [0.25, 0.3) is 0 Å². The predicted molar refractivity (Wildman–Crippen MR) is 91.4 cm³/mol. The van der Waals surface area contributed by atoms with E-state index in [0.717, 1.165) is 25.8 Å². The fourth-order valence-electron chi connectivity index (χ4n) is 3.42. The maximum atomic E-state index is 12.3. The first kappa shape index (κ1) is 19.4. The number of carbonyl (C=O) groups is 1. The van der Waals surface area contributed by atoms with Crippen LogP contribution in [0, 0.1) is 17.8 Å². The van der Waals surface area contributed by atoms with E-state index >= 15 is 0 Å². The molecule has 1 rings (SSSR count). The van der Waals surface area contributed by atoms with Gasteiger partial charge in [-0.25, -0.2) is 0 Å². The molecular weight excluding hydrogens is 276 g/mol. The maximum absolute atomic E-state index is 12.3. The van der Waals surface area contributed by atoms with Gasteiger partial charge in [-0.3, -0.25) is 4.79 Å². The number of carbonyl (C=O) groups excluding carboxylic acids is 1. The molecule has 0 unspecified atom stereocenters. The fraction of sp³-hybridized carbons (Fsp3) is 0.944. The van der Waals surface area contributed by atoms with Crippen LogP contribution in [-0.4, -0.2) is 29.7 Å². The summed E-state index contributed by atoms with van der Waals surface area (Å²) in [6.45, 7) is 6.92. The molecule has 0 saturated heterocycles. The summed E-state index contributed by atoms with van der Waals surface area (Å²) in [4.78, 5) is 12.3. The van der Waals surface area contributed by atoms with Crippen molar-refractivity contribution < 1.29 is 9.90 Å². The Hall–Kier alpha value is -0.610. The Balaban J connectivity index is 2.44. The zero-order valence-electron chi connectivity index (χ0n) is 14.7. The summed E-state index contributed by atoms with van der Waals surface area (Å²) < 4.78 is 0. The van der Waals surface area contributed by atoms with Gasteiger partial charge in [0.05, 0.1) is 6.10 Å². The SMILES string of the molecule is CCCCNC(=O)[C@@H](C[C@H](O)[C@@H](N)CC1CCCC1)C(C)C. The Kier molecular flexibility index (Phi) is 9.03. The lowest BCUT2D eigenvalue weighted by Gasteiger charge is -2.27. The molecule has 3 atom stereocenters. The lowest BCUT2D eigenvalue weighted by Crippen LogP contribution is -2.42. The molecular formula is C18H36N2O2. The molecule has 1 aliphatic carbocycles. The molecule has 1 saturated carbocycles. The quantitative estimate of drug-likeness (QED) is 0.543. The first-order valence-electron chi connectivity index (χ1n) is 9.17. The lowest BCUT2D eigenvalue weighted by atomic mass is 9.85. The minimum atomic E-state index is -0.579. The zero-order chi connectivity index (χ0) is 16.5. The van der Waals surface area contributed by atoms with Gasteiger partial charge in [-0.2, -0.15) is 0 Å². The van der Waals surface area contributed by atoms with E-state index in [-0.39, 0.29) is 23.8 Å². The van der Waals surface area contributed by atoms with E-state index in [2.05, 4.69) is 12.2 Å². The van der Waals surface area contributed by atoms with Crippen LogP contribution in [0.1, 0.15) is 72.1 Å². The largest absolute Gasteiger partial charge is 0.391 e. The molecule has 1 aliphatic rings. The first-order valence-corrected chi connectivity index (χ1v) is 9.17. The number of nitrogens with two attached hydrogens (primary N) is 1. The van der Waals surface area contributed by atoms with E-state index in [9.17, 15) is 9.90 Å². The van der Waals surface area contributed by atoms with Crippen molar-refractivity contribution in [1.82, 2.24) is 5.32 Å². The Morgan fingerprint density at radius 1 is 1.32 bits per heavy atom. The standard InChI is InChI=1S/C18H36N2O2/c1-4-5-10-20-18(22)15(13(2)3)12-17(21)16(19)11-14-8-6-7-9-14/h13-17,21H,4-12,19H2,1-3H3,(H,20,22)/t15-,16-,17-/m0/s1. The number of aliphatic hydroxyl groups excluding tert-OH is 1. The van der Waals surface area contributed by atoms with E-state index in [1.54, 1.807) is 0 Å².